The first-order chi connectivity index (χ1) is 5.02. The van der Waals surface area contributed by atoms with E-state index >= 15 is 0 Å². The summed E-state index contributed by atoms with van der Waals surface area (Å²) < 4.78 is 29.9. The highest BCUT2D eigenvalue weighted by Gasteiger charge is 2.20. The van der Waals surface area contributed by atoms with Crippen molar-refractivity contribution in [1.29, 1.82) is 0 Å². The van der Waals surface area contributed by atoms with Gasteiger partial charge in [0, 0.05) is 0 Å². The zero-order valence-electron chi connectivity index (χ0n) is 6.66. The number of hydrogen-bond acceptors (Lipinski definition) is 3. The fraction of sp³-hybridized carbons (Fsp3) is 1.00. The molecule has 0 heterocycles. The SMILES string of the molecule is CCCC(CCN)S(=O)(=O)O. The van der Waals surface area contributed by atoms with Gasteiger partial charge in [-0.05, 0) is 19.4 Å². The van der Waals surface area contributed by atoms with E-state index in [-0.39, 0.29) is 0 Å². The first-order valence-electron chi connectivity index (χ1n) is 3.68. The molecule has 5 heteroatoms. The van der Waals surface area contributed by atoms with Gasteiger partial charge in [0.1, 0.15) is 0 Å². The molecule has 0 bridgehead atoms. The van der Waals surface area contributed by atoms with Crippen LogP contribution in [0.2, 0.25) is 0 Å². The van der Waals surface area contributed by atoms with Crippen molar-refractivity contribution in [2.24, 2.45) is 5.73 Å². The van der Waals surface area contributed by atoms with Crippen molar-refractivity contribution in [2.75, 3.05) is 6.54 Å². The zero-order chi connectivity index (χ0) is 8.91. The van der Waals surface area contributed by atoms with Gasteiger partial charge in [0.15, 0.2) is 0 Å². The summed E-state index contributed by atoms with van der Waals surface area (Å²) in [6.07, 6.45) is 1.56. The molecule has 0 fully saturated rings. The van der Waals surface area contributed by atoms with E-state index in [0.717, 1.165) is 6.42 Å². The van der Waals surface area contributed by atoms with E-state index in [1.54, 1.807) is 0 Å². The Kier molecular flexibility index (Phi) is 4.63. The maximum absolute atomic E-state index is 10.6. The molecule has 0 aromatic rings. The largest absolute Gasteiger partial charge is 0.330 e. The van der Waals surface area contributed by atoms with Crippen LogP contribution in [0.1, 0.15) is 26.2 Å². The van der Waals surface area contributed by atoms with E-state index < -0.39 is 15.4 Å². The second-order valence-corrected chi connectivity index (χ2v) is 4.20. The van der Waals surface area contributed by atoms with Gasteiger partial charge < -0.3 is 5.73 Å². The lowest BCUT2D eigenvalue weighted by atomic mass is 10.2. The highest BCUT2D eigenvalue weighted by molar-refractivity contribution is 7.86. The van der Waals surface area contributed by atoms with Crippen molar-refractivity contribution in [2.45, 2.75) is 31.4 Å². The lowest BCUT2D eigenvalue weighted by molar-refractivity contribution is 0.455. The Morgan fingerprint density at radius 1 is 1.45 bits per heavy atom. The van der Waals surface area contributed by atoms with Crippen LogP contribution in [0.3, 0.4) is 0 Å². The van der Waals surface area contributed by atoms with Crippen molar-refractivity contribution in [3.05, 3.63) is 0 Å². The Bertz CT molecular complexity index is 182. The summed E-state index contributed by atoms with van der Waals surface area (Å²) >= 11 is 0. The molecule has 4 nitrogen and oxygen atoms in total. The molecule has 0 aromatic heterocycles. The van der Waals surface area contributed by atoms with Crippen LogP contribution in [-0.2, 0) is 10.1 Å². The third-order valence-electron chi connectivity index (χ3n) is 1.52. The predicted octanol–water partition coefficient (Wildman–Crippen LogP) is 0.392. The van der Waals surface area contributed by atoms with Crippen LogP contribution in [-0.4, -0.2) is 24.8 Å². The van der Waals surface area contributed by atoms with Crippen LogP contribution < -0.4 is 5.73 Å². The van der Waals surface area contributed by atoms with Gasteiger partial charge in [0.2, 0.25) is 0 Å². The molecule has 0 aliphatic rings. The molecule has 0 saturated carbocycles. The van der Waals surface area contributed by atoms with E-state index in [0.29, 0.717) is 19.4 Å². The molecule has 1 unspecified atom stereocenters. The van der Waals surface area contributed by atoms with Gasteiger partial charge in [-0.15, -0.1) is 0 Å². The maximum atomic E-state index is 10.6. The van der Waals surface area contributed by atoms with Crippen LogP contribution in [0.15, 0.2) is 0 Å². The summed E-state index contributed by atoms with van der Waals surface area (Å²) in [6.45, 7) is 2.17. The Labute approximate surface area is 67.5 Å². The lowest BCUT2D eigenvalue weighted by Gasteiger charge is -2.10. The third kappa shape index (κ3) is 4.34. The van der Waals surface area contributed by atoms with Crippen molar-refractivity contribution in [3.63, 3.8) is 0 Å². The van der Waals surface area contributed by atoms with E-state index in [4.69, 9.17) is 10.3 Å². The quantitative estimate of drug-likeness (QED) is 0.601. The van der Waals surface area contributed by atoms with Gasteiger partial charge >= 0.3 is 0 Å². The molecule has 68 valence electrons. The minimum Gasteiger partial charge on any atom is -0.330 e. The summed E-state index contributed by atoms with van der Waals surface area (Å²) in [4.78, 5) is 0. The molecule has 0 aromatic carbocycles. The molecule has 0 rings (SSSR count). The van der Waals surface area contributed by atoms with Crippen molar-refractivity contribution in [3.8, 4) is 0 Å². The molecule has 3 N–H and O–H groups in total. The van der Waals surface area contributed by atoms with Gasteiger partial charge in [-0.25, -0.2) is 0 Å². The topological polar surface area (TPSA) is 80.4 Å². The Balaban J connectivity index is 4.11. The van der Waals surface area contributed by atoms with E-state index in [1.165, 1.54) is 0 Å². The normalized spacial score (nSPS) is 14.8. The molecule has 0 radical (unpaired) electrons. The second kappa shape index (κ2) is 4.69. The summed E-state index contributed by atoms with van der Waals surface area (Å²) in [5.41, 5.74) is 5.18. The van der Waals surface area contributed by atoms with E-state index in [9.17, 15) is 8.42 Å². The molecule has 0 saturated heterocycles. The van der Waals surface area contributed by atoms with Gasteiger partial charge in [0.05, 0.1) is 5.25 Å². The van der Waals surface area contributed by atoms with Gasteiger partial charge in [-0.3, -0.25) is 4.55 Å². The molecule has 1 atom stereocenters. The van der Waals surface area contributed by atoms with Gasteiger partial charge in [0.25, 0.3) is 10.1 Å². The molecule has 0 spiro atoms. The Morgan fingerprint density at radius 3 is 2.27 bits per heavy atom. The van der Waals surface area contributed by atoms with Crippen LogP contribution in [0.5, 0.6) is 0 Å². The predicted molar refractivity (Wildman–Crippen MR) is 43.9 cm³/mol. The fourth-order valence-electron chi connectivity index (χ4n) is 0.950. The Hall–Kier alpha value is -0.130. The summed E-state index contributed by atoms with van der Waals surface area (Å²) in [6, 6.07) is 0. The number of nitrogens with two attached hydrogens (primary N) is 1. The standard InChI is InChI=1S/C6H15NO3S/c1-2-3-6(4-5-7)11(8,9)10/h6H,2-5,7H2,1H3,(H,8,9,10). The Morgan fingerprint density at radius 2 is 2.00 bits per heavy atom. The minimum absolute atomic E-state index is 0.296. The number of hydrogen-bond donors (Lipinski definition) is 2. The van der Waals surface area contributed by atoms with E-state index in [2.05, 4.69) is 0 Å². The minimum atomic E-state index is -3.87. The molecular formula is C6H15NO3S. The van der Waals surface area contributed by atoms with Crippen LogP contribution in [0.4, 0.5) is 0 Å². The molecule has 0 aliphatic carbocycles. The van der Waals surface area contributed by atoms with Crippen LogP contribution >= 0.6 is 0 Å². The lowest BCUT2D eigenvalue weighted by Crippen LogP contribution is -2.23. The molecule has 11 heavy (non-hydrogen) atoms. The monoisotopic (exact) mass is 181 g/mol. The average molecular weight is 181 g/mol. The summed E-state index contributed by atoms with van der Waals surface area (Å²) in [5.74, 6) is 0. The highest BCUT2D eigenvalue weighted by atomic mass is 32.2. The summed E-state index contributed by atoms with van der Waals surface area (Å²) in [7, 11) is -3.87. The van der Waals surface area contributed by atoms with Crippen LogP contribution in [0.25, 0.3) is 0 Å². The fourth-order valence-corrected chi connectivity index (χ4v) is 1.92. The molecular weight excluding hydrogens is 166 g/mol. The maximum Gasteiger partial charge on any atom is 0.267 e. The van der Waals surface area contributed by atoms with Crippen molar-refractivity contribution < 1.29 is 13.0 Å². The smallest absolute Gasteiger partial charge is 0.267 e. The molecule has 0 amide bonds. The highest BCUT2D eigenvalue weighted by Crippen LogP contribution is 2.09. The number of rotatable bonds is 5. The van der Waals surface area contributed by atoms with Gasteiger partial charge in [-0.2, -0.15) is 8.42 Å². The molecule has 0 aliphatic heterocycles. The summed E-state index contributed by atoms with van der Waals surface area (Å²) in [5, 5.41) is -0.669. The van der Waals surface area contributed by atoms with Gasteiger partial charge in [-0.1, -0.05) is 13.3 Å². The van der Waals surface area contributed by atoms with E-state index in [1.807, 2.05) is 6.92 Å². The van der Waals surface area contributed by atoms with Crippen molar-refractivity contribution in [1.82, 2.24) is 0 Å². The van der Waals surface area contributed by atoms with Crippen LogP contribution in [0, 0.1) is 0 Å². The average Bonchev–Trinajstić information content (AvgIpc) is 1.85. The first kappa shape index (κ1) is 10.9. The third-order valence-corrected chi connectivity index (χ3v) is 2.83. The van der Waals surface area contributed by atoms with Crippen molar-refractivity contribution >= 4 is 10.1 Å². The first-order valence-corrected chi connectivity index (χ1v) is 5.19. The zero-order valence-corrected chi connectivity index (χ0v) is 7.47. The second-order valence-electron chi connectivity index (χ2n) is 2.50.